The van der Waals surface area contributed by atoms with Crippen molar-refractivity contribution in [3.63, 3.8) is 0 Å². The first-order valence-corrected chi connectivity index (χ1v) is 26.0. The summed E-state index contributed by atoms with van der Waals surface area (Å²) in [4.78, 5) is 0. The van der Waals surface area contributed by atoms with E-state index in [0.29, 0.717) is 0 Å². The second kappa shape index (κ2) is 23.3. The van der Waals surface area contributed by atoms with Gasteiger partial charge in [-0.25, -0.2) is 0 Å². The van der Waals surface area contributed by atoms with Gasteiger partial charge in [-0.2, -0.15) is 0 Å². The maximum Gasteiger partial charge on any atom is 1.00 e. The molecule has 0 aliphatic carbocycles. The Bertz CT molecular complexity index is 3420. The van der Waals surface area contributed by atoms with Gasteiger partial charge in [-0.3, -0.25) is 11.8 Å². The Balaban J connectivity index is 0.000000140. The van der Waals surface area contributed by atoms with Gasteiger partial charge in [0.05, 0.1) is 0 Å². The zero-order valence-corrected chi connectivity index (χ0v) is 42.5. The molecule has 0 saturated carbocycles. The smallest absolute Gasteiger partial charge is 0.366 e. The van der Waals surface area contributed by atoms with Crippen LogP contribution in [-0.2, 0) is 44.8 Å². The predicted molar refractivity (Wildman–Crippen MR) is 296 cm³/mol. The fourth-order valence-electron chi connectivity index (χ4n) is 9.01. The standard InChI is InChI=1S/C25H22P2.2C20H11.2Ag/c1-5-13-22(14-6-1)26(23-15-7-2-8-16-23)21-27(24-17-9-3-10-18-24)25-19-11-4-12-20-25;2*1-2-14-7-8-17-12-19-10-15-5-3-4-6-16(15)11-20(19)13-18(17)9-14;;/h1-20H,21H2;2*3-13H;;/q;2*-1;2*+1/p+2. The van der Waals surface area contributed by atoms with Crippen molar-refractivity contribution in [1.29, 1.82) is 0 Å². The molecule has 0 radical (unpaired) electrons. The van der Waals surface area contributed by atoms with E-state index in [2.05, 4.69) is 242 Å². The molecule has 0 fully saturated rings. The van der Waals surface area contributed by atoms with E-state index < -0.39 is 15.8 Å². The molecule has 0 aromatic heterocycles. The van der Waals surface area contributed by atoms with Crippen LogP contribution in [0.2, 0.25) is 0 Å². The zero-order valence-electron chi connectivity index (χ0n) is 37.6. The van der Waals surface area contributed by atoms with Crippen molar-refractivity contribution in [1.82, 2.24) is 0 Å². The van der Waals surface area contributed by atoms with Gasteiger partial charge in [0.2, 0.25) is 0 Å². The van der Waals surface area contributed by atoms with E-state index in [-0.39, 0.29) is 44.8 Å². The van der Waals surface area contributed by atoms with Gasteiger partial charge in [0.1, 0.15) is 37.1 Å². The fourth-order valence-corrected chi connectivity index (χ4v) is 16.7. The minimum atomic E-state index is -0.847. The molecule has 4 heteroatoms. The van der Waals surface area contributed by atoms with Crippen molar-refractivity contribution in [2.75, 3.05) is 5.90 Å². The van der Waals surface area contributed by atoms with Gasteiger partial charge in [-0.15, -0.1) is 35.4 Å². The van der Waals surface area contributed by atoms with Crippen LogP contribution >= 0.6 is 15.8 Å². The summed E-state index contributed by atoms with van der Waals surface area (Å²) >= 11 is 0. The van der Waals surface area contributed by atoms with Crippen LogP contribution in [-0.4, -0.2) is 5.90 Å². The Hall–Kier alpha value is -6.34. The zero-order chi connectivity index (χ0) is 45.4. The summed E-state index contributed by atoms with van der Waals surface area (Å²) in [6.07, 6.45) is 14.5. The van der Waals surface area contributed by atoms with Crippen LogP contribution in [0.15, 0.2) is 255 Å². The summed E-state index contributed by atoms with van der Waals surface area (Å²) in [7, 11) is -1.69. The van der Waals surface area contributed by atoms with Crippen LogP contribution in [0.25, 0.3) is 64.6 Å². The summed E-state index contributed by atoms with van der Waals surface area (Å²) in [5.41, 5.74) is 1.63. The van der Waals surface area contributed by atoms with Crippen LogP contribution in [0, 0.1) is 24.7 Å². The minimum absolute atomic E-state index is 0. The van der Waals surface area contributed by atoms with Gasteiger partial charge >= 0.3 is 44.8 Å². The molecule has 0 unspecified atom stereocenters. The summed E-state index contributed by atoms with van der Waals surface area (Å²) in [6.45, 7) is 0. The number of hydrogen-bond acceptors (Lipinski definition) is 0. The molecule has 0 heterocycles. The van der Waals surface area contributed by atoms with Crippen LogP contribution in [0.3, 0.4) is 0 Å². The topological polar surface area (TPSA) is 0 Å². The fraction of sp³-hybridized carbons (Fsp3) is 0.0154. The van der Waals surface area contributed by atoms with Gasteiger partial charge in [0.25, 0.3) is 0 Å². The molecule has 12 aromatic carbocycles. The second-order valence-corrected chi connectivity index (χ2v) is 22.4. The van der Waals surface area contributed by atoms with E-state index in [0.717, 1.165) is 21.9 Å². The molecular formula is C65H46Ag2P2+2. The number of fused-ring (bicyclic) bond motifs is 6. The van der Waals surface area contributed by atoms with Gasteiger partial charge in [0, 0.05) is 0 Å². The molecule has 0 spiro atoms. The third-order valence-electron chi connectivity index (χ3n) is 12.5. The predicted octanol–water partition coefficient (Wildman–Crippen LogP) is 14.8. The van der Waals surface area contributed by atoms with E-state index in [1.54, 1.807) is 0 Å². The van der Waals surface area contributed by atoms with E-state index in [1.807, 2.05) is 24.3 Å². The molecule has 0 N–H and O–H groups in total. The summed E-state index contributed by atoms with van der Waals surface area (Å²) < 4.78 is 0. The number of hydrogen-bond donors (Lipinski definition) is 0. The van der Waals surface area contributed by atoms with Crippen molar-refractivity contribution in [3.05, 3.63) is 279 Å². The Labute approximate surface area is 439 Å². The van der Waals surface area contributed by atoms with Crippen molar-refractivity contribution in [3.8, 4) is 11.8 Å². The Morgan fingerprint density at radius 1 is 0.246 bits per heavy atom. The van der Waals surface area contributed by atoms with Crippen LogP contribution in [0.5, 0.6) is 0 Å². The van der Waals surface area contributed by atoms with Crippen molar-refractivity contribution >= 4 is 102 Å². The normalized spacial score (nSPS) is 10.7. The van der Waals surface area contributed by atoms with Crippen molar-refractivity contribution in [2.45, 2.75) is 0 Å². The number of rotatable bonds is 6. The van der Waals surface area contributed by atoms with Gasteiger partial charge in [-0.1, -0.05) is 133 Å². The van der Waals surface area contributed by atoms with Crippen LogP contribution in [0.4, 0.5) is 0 Å². The average Bonchev–Trinajstić information content (AvgIpc) is 3.39. The summed E-state index contributed by atoms with van der Waals surface area (Å²) in [6, 6.07) is 91.0. The largest absolute Gasteiger partial charge is 1.00 e. The Kier molecular flexibility index (Phi) is 16.6. The number of benzene rings is 12. The van der Waals surface area contributed by atoms with Crippen LogP contribution in [0.1, 0.15) is 11.1 Å². The summed E-state index contributed by atoms with van der Waals surface area (Å²) in [5, 5.41) is 20.8. The molecular weight excluding hydrogens is 1060 g/mol. The second-order valence-electron chi connectivity index (χ2n) is 16.8. The maximum atomic E-state index is 7.24. The molecule has 336 valence electrons. The molecule has 69 heavy (non-hydrogen) atoms. The first-order valence-electron chi connectivity index (χ1n) is 22.6. The van der Waals surface area contributed by atoms with Crippen molar-refractivity contribution < 1.29 is 44.8 Å². The minimum Gasteiger partial charge on any atom is -0.366 e. The Morgan fingerprint density at radius 2 is 0.464 bits per heavy atom. The van der Waals surface area contributed by atoms with Gasteiger partial charge in [0.15, 0.2) is 5.90 Å². The van der Waals surface area contributed by atoms with Crippen LogP contribution < -0.4 is 21.2 Å². The quantitative estimate of drug-likeness (QED) is 0.0512. The first-order chi connectivity index (χ1) is 33.1. The van der Waals surface area contributed by atoms with Crippen molar-refractivity contribution in [2.24, 2.45) is 0 Å². The molecule has 12 aromatic rings. The van der Waals surface area contributed by atoms with Gasteiger partial charge < -0.3 is 12.8 Å². The molecule has 0 bridgehead atoms. The third kappa shape index (κ3) is 11.6. The molecule has 0 atom stereocenters. The molecule has 0 aliphatic heterocycles. The summed E-state index contributed by atoms with van der Waals surface area (Å²) in [5.74, 6) is 6.14. The molecule has 0 saturated heterocycles. The van der Waals surface area contributed by atoms with E-state index >= 15 is 0 Å². The maximum absolute atomic E-state index is 7.24. The first kappa shape index (κ1) is 49.1. The van der Waals surface area contributed by atoms with E-state index in [4.69, 9.17) is 12.8 Å². The van der Waals surface area contributed by atoms with Gasteiger partial charge in [-0.05, 0) is 162 Å². The molecule has 12 rings (SSSR count). The van der Waals surface area contributed by atoms with E-state index in [1.165, 1.54) is 81.0 Å². The monoisotopic (exact) mass is 1100 g/mol. The molecule has 0 nitrogen and oxygen atoms in total. The van der Waals surface area contributed by atoms with E-state index in [9.17, 15) is 0 Å². The molecule has 0 amide bonds. The third-order valence-corrected chi connectivity index (χ3v) is 19.4. The Morgan fingerprint density at radius 3 is 0.725 bits per heavy atom. The SMILES string of the molecule is [Ag+].[Ag+].[C-]#Cc1ccc2cc3cc4ccccc4cc3cc2c1.[C-]#Cc1ccc2cc3cc4ccccc4cc3cc2c1.c1ccc([PH+](C[PH+](c2ccccc2)c2ccccc2)c2ccccc2)cc1. The average molecular weight is 1100 g/mol. The molecule has 0 aliphatic rings.